The highest BCUT2D eigenvalue weighted by Gasteiger charge is 2.16. The van der Waals surface area contributed by atoms with Gasteiger partial charge in [-0.15, -0.1) is 0 Å². The van der Waals surface area contributed by atoms with E-state index >= 15 is 0 Å². The number of halogens is 1. The predicted molar refractivity (Wildman–Crippen MR) is 147 cm³/mol. The van der Waals surface area contributed by atoms with Crippen LogP contribution in [0, 0.1) is 21.8 Å². The lowest BCUT2D eigenvalue weighted by atomic mass is 10.1. The molecule has 9 nitrogen and oxygen atoms in total. The minimum atomic E-state index is -1.14. The zero-order chi connectivity index (χ0) is 26.9. The minimum Gasteiger partial charge on any atom is -0.493 e. The highest BCUT2D eigenvalue weighted by molar-refractivity contribution is 14.1. The number of ether oxygens (including phenoxy) is 2. The van der Waals surface area contributed by atoms with E-state index in [0.717, 1.165) is 5.56 Å². The van der Waals surface area contributed by atoms with Gasteiger partial charge in [-0.05, 0) is 83.6 Å². The minimum absolute atomic E-state index is 0.00251. The molecule has 3 N–H and O–H groups in total. The molecule has 188 valence electrons. The summed E-state index contributed by atoms with van der Waals surface area (Å²) in [5.74, 6) is -1.53. The SMILES string of the molecule is COc1cc(/C=C(/C#N)C(=O)Nc2cccc(C(=O)O)c2)cc(I)c1OCC(=O)Nc1ccc(C)cc1. The number of nitriles is 1. The zero-order valence-electron chi connectivity index (χ0n) is 19.9. The number of nitrogens with one attached hydrogen (secondary N) is 2. The van der Waals surface area contributed by atoms with Gasteiger partial charge in [-0.1, -0.05) is 23.8 Å². The first-order valence-corrected chi connectivity index (χ1v) is 11.9. The molecule has 0 aliphatic carbocycles. The van der Waals surface area contributed by atoms with Crippen molar-refractivity contribution in [3.63, 3.8) is 0 Å². The summed E-state index contributed by atoms with van der Waals surface area (Å²) in [6, 6.07) is 18.2. The van der Waals surface area contributed by atoms with Crippen LogP contribution in [0.5, 0.6) is 11.5 Å². The summed E-state index contributed by atoms with van der Waals surface area (Å²) in [5.41, 5.74) is 2.26. The van der Waals surface area contributed by atoms with E-state index in [9.17, 15) is 19.6 Å². The average molecular weight is 611 g/mol. The van der Waals surface area contributed by atoms with Gasteiger partial charge in [-0.3, -0.25) is 9.59 Å². The molecule has 2 amide bonds. The fourth-order valence-corrected chi connectivity index (χ4v) is 3.96. The molecule has 10 heteroatoms. The highest BCUT2D eigenvalue weighted by Crippen LogP contribution is 2.34. The Kier molecular flexibility index (Phi) is 9.23. The first-order chi connectivity index (χ1) is 17.7. The number of benzene rings is 3. The number of rotatable bonds is 9. The second-order valence-corrected chi connectivity index (χ2v) is 8.91. The molecular weight excluding hydrogens is 589 g/mol. The van der Waals surface area contributed by atoms with Crippen LogP contribution in [0.1, 0.15) is 21.5 Å². The van der Waals surface area contributed by atoms with Crippen LogP contribution in [0.2, 0.25) is 0 Å². The van der Waals surface area contributed by atoms with Crippen molar-refractivity contribution in [2.45, 2.75) is 6.92 Å². The molecule has 0 fully saturated rings. The molecule has 0 aliphatic rings. The number of aromatic carboxylic acids is 1. The number of hydrogen-bond acceptors (Lipinski definition) is 6. The van der Waals surface area contributed by atoms with Gasteiger partial charge in [0, 0.05) is 11.4 Å². The second kappa shape index (κ2) is 12.5. The van der Waals surface area contributed by atoms with Gasteiger partial charge in [-0.25, -0.2) is 4.79 Å². The number of methoxy groups -OCH3 is 1. The standard InChI is InChI=1S/C27H22IN3O6/c1-16-6-8-20(9-7-16)30-24(32)15-37-25-22(28)11-17(12-23(25)36-2)10-19(14-29)26(33)31-21-5-3-4-18(13-21)27(34)35/h3-13H,15H2,1-2H3,(H,30,32)(H,31,33)(H,34,35)/b19-10-. The number of carbonyl (C=O) groups is 3. The Bertz CT molecular complexity index is 1410. The van der Waals surface area contributed by atoms with Crippen LogP contribution in [0.3, 0.4) is 0 Å². The normalized spacial score (nSPS) is 10.7. The van der Waals surface area contributed by atoms with Crippen molar-refractivity contribution in [2.75, 3.05) is 24.4 Å². The van der Waals surface area contributed by atoms with Crippen molar-refractivity contribution in [3.05, 3.63) is 86.5 Å². The van der Waals surface area contributed by atoms with E-state index in [1.807, 2.05) is 47.7 Å². The van der Waals surface area contributed by atoms with Gasteiger partial charge in [0.25, 0.3) is 11.8 Å². The molecule has 0 saturated carbocycles. The van der Waals surface area contributed by atoms with Gasteiger partial charge in [0.2, 0.25) is 0 Å². The van der Waals surface area contributed by atoms with Crippen LogP contribution >= 0.6 is 22.6 Å². The number of amides is 2. The van der Waals surface area contributed by atoms with Crippen molar-refractivity contribution < 1.29 is 29.0 Å². The molecule has 37 heavy (non-hydrogen) atoms. The Hall–Kier alpha value is -4.37. The Morgan fingerprint density at radius 1 is 1.05 bits per heavy atom. The van der Waals surface area contributed by atoms with Crippen LogP contribution < -0.4 is 20.1 Å². The molecule has 0 unspecified atom stereocenters. The summed E-state index contributed by atoms with van der Waals surface area (Å²) in [6.07, 6.45) is 1.37. The van der Waals surface area contributed by atoms with Crippen molar-refractivity contribution in [1.82, 2.24) is 0 Å². The lowest BCUT2D eigenvalue weighted by Gasteiger charge is -2.14. The number of hydrogen-bond donors (Lipinski definition) is 3. The molecule has 0 bridgehead atoms. The third-order valence-corrected chi connectivity index (χ3v) is 5.78. The third kappa shape index (κ3) is 7.55. The quantitative estimate of drug-likeness (QED) is 0.178. The molecule has 0 atom stereocenters. The van der Waals surface area contributed by atoms with Gasteiger partial charge in [0.15, 0.2) is 18.1 Å². The molecular formula is C27H22IN3O6. The topological polar surface area (TPSA) is 138 Å². The Balaban J connectivity index is 1.74. The molecule has 0 aromatic heterocycles. The van der Waals surface area contributed by atoms with Gasteiger partial charge < -0.3 is 25.2 Å². The van der Waals surface area contributed by atoms with Gasteiger partial charge in [-0.2, -0.15) is 5.26 Å². The fraction of sp³-hybridized carbons (Fsp3) is 0.111. The summed E-state index contributed by atoms with van der Waals surface area (Å²) in [6.45, 7) is 1.70. The lowest BCUT2D eigenvalue weighted by Crippen LogP contribution is -2.20. The molecule has 3 aromatic rings. The second-order valence-electron chi connectivity index (χ2n) is 7.75. The van der Waals surface area contributed by atoms with E-state index < -0.39 is 11.9 Å². The molecule has 0 heterocycles. The Labute approximate surface area is 226 Å². The fourth-order valence-electron chi connectivity index (χ4n) is 3.18. The maximum Gasteiger partial charge on any atom is 0.335 e. The van der Waals surface area contributed by atoms with Gasteiger partial charge >= 0.3 is 5.97 Å². The molecule has 0 saturated heterocycles. The molecule has 3 rings (SSSR count). The maximum absolute atomic E-state index is 12.6. The Morgan fingerprint density at radius 2 is 1.78 bits per heavy atom. The van der Waals surface area contributed by atoms with E-state index in [2.05, 4.69) is 10.6 Å². The lowest BCUT2D eigenvalue weighted by molar-refractivity contribution is -0.118. The van der Waals surface area contributed by atoms with Crippen LogP contribution in [-0.2, 0) is 9.59 Å². The van der Waals surface area contributed by atoms with E-state index in [4.69, 9.17) is 14.6 Å². The highest BCUT2D eigenvalue weighted by atomic mass is 127. The van der Waals surface area contributed by atoms with Crippen molar-refractivity contribution in [3.8, 4) is 17.6 Å². The van der Waals surface area contributed by atoms with Crippen LogP contribution in [0.25, 0.3) is 6.08 Å². The number of carbonyl (C=O) groups excluding carboxylic acids is 2. The van der Waals surface area contributed by atoms with Crippen molar-refractivity contribution >= 4 is 57.8 Å². The summed E-state index contributed by atoms with van der Waals surface area (Å²) >= 11 is 2.01. The van der Waals surface area contributed by atoms with Gasteiger partial charge in [0.1, 0.15) is 11.6 Å². The smallest absolute Gasteiger partial charge is 0.335 e. The van der Waals surface area contributed by atoms with Crippen molar-refractivity contribution in [1.29, 1.82) is 5.26 Å². The molecule has 0 aliphatic heterocycles. The van der Waals surface area contributed by atoms with E-state index in [1.54, 1.807) is 24.3 Å². The van der Waals surface area contributed by atoms with Crippen LogP contribution in [0.15, 0.2) is 66.2 Å². The largest absolute Gasteiger partial charge is 0.493 e. The summed E-state index contributed by atoms with van der Waals surface area (Å²) in [4.78, 5) is 36.1. The molecule has 3 aromatic carbocycles. The van der Waals surface area contributed by atoms with E-state index in [1.165, 1.54) is 37.5 Å². The van der Waals surface area contributed by atoms with Crippen molar-refractivity contribution in [2.24, 2.45) is 0 Å². The number of nitrogens with zero attached hydrogens (tertiary/aromatic N) is 1. The summed E-state index contributed by atoms with van der Waals surface area (Å²) < 4.78 is 11.7. The van der Waals surface area contributed by atoms with Crippen LogP contribution in [0.4, 0.5) is 11.4 Å². The maximum atomic E-state index is 12.6. The number of anilines is 2. The summed E-state index contributed by atoms with van der Waals surface area (Å²) in [5, 5.41) is 23.9. The first kappa shape index (κ1) is 27.2. The third-order valence-electron chi connectivity index (χ3n) is 4.98. The van der Waals surface area contributed by atoms with E-state index in [-0.39, 0.29) is 29.3 Å². The van der Waals surface area contributed by atoms with Gasteiger partial charge in [0.05, 0.1) is 16.2 Å². The average Bonchev–Trinajstić information content (AvgIpc) is 2.87. The summed E-state index contributed by atoms with van der Waals surface area (Å²) in [7, 11) is 1.44. The first-order valence-electron chi connectivity index (χ1n) is 10.8. The molecule has 0 spiro atoms. The van der Waals surface area contributed by atoms with E-state index in [0.29, 0.717) is 26.3 Å². The Morgan fingerprint density at radius 3 is 2.43 bits per heavy atom. The molecule has 0 radical (unpaired) electrons. The zero-order valence-corrected chi connectivity index (χ0v) is 22.0. The number of carboxylic acids is 1. The monoisotopic (exact) mass is 611 g/mol. The number of aryl methyl sites for hydroxylation is 1. The predicted octanol–water partition coefficient (Wildman–Crippen LogP) is 4.87. The van der Waals surface area contributed by atoms with Crippen LogP contribution in [-0.4, -0.2) is 36.6 Å². The number of carboxylic acid groups (broad SMARTS) is 1.